The number of carbonyl (C=O) groups is 1. The summed E-state index contributed by atoms with van der Waals surface area (Å²) >= 11 is 1.43. The lowest BCUT2D eigenvalue weighted by Crippen LogP contribution is -2.35. The van der Waals surface area contributed by atoms with Crippen LogP contribution in [0.5, 0.6) is 5.75 Å². The second-order valence-electron chi connectivity index (χ2n) is 10.7. The minimum Gasteiger partial charge on any atom is -0.494 e. The number of morpholine rings is 1. The molecule has 1 saturated heterocycles. The Labute approximate surface area is 234 Å². The second kappa shape index (κ2) is 12.2. The van der Waals surface area contributed by atoms with E-state index in [1.54, 1.807) is 37.1 Å². The quantitative estimate of drug-likeness (QED) is 0.278. The fourth-order valence-corrected chi connectivity index (χ4v) is 4.98. The number of nitrogens with one attached hydrogen (secondary N) is 1. The molecule has 0 radical (unpaired) electrons. The van der Waals surface area contributed by atoms with E-state index < -0.39 is 0 Å². The van der Waals surface area contributed by atoms with Gasteiger partial charge in [0.05, 0.1) is 47.8 Å². The Kier molecular flexibility index (Phi) is 8.91. The molecule has 39 heavy (non-hydrogen) atoms. The molecule has 0 unspecified atom stereocenters. The number of anilines is 2. The van der Waals surface area contributed by atoms with Crippen molar-refractivity contribution in [1.82, 2.24) is 9.88 Å². The fraction of sp³-hybridized carbons (Fsp3) is 0.379. The van der Waals surface area contributed by atoms with Crippen molar-refractivity contribution < 1.29 is 14.3 Å². The predicted molar refractivity (Wildman–Crippen MR) is 158 cm³/mol. The van der Waals surface area contributed by atoms with Gasteiger partial charge in [0, 0.05) is 43.2 Å². The first-order valence-corrected chi connectivity index (χ1v) is 13.8. The highest BCUT2D eigenvalue weighted by Gasteiger charge is 2.23. The van der Waals surface area contributed by atoms with Crippen LogP contribution in [0.25, 0.3) is 5.70 Å². The molecule has 0 saturated carbocycles. The molecule has 1 aromatic heterocycles. The van der Waals surface area contributed by atoms with Gasteiger partial charge in [-0.3, -0.25) is 19.7 Å². The third kappa shape index (κ3) is 6.96. The molecule has 0 aliphatic carbocycles. The molecule has 5 N–H and O–H groups in total. The molecule has 2 aromatic carbocycles. The number of ether oxygens (including phenoxy) is 2. The molecule has 1 aliphatic rings. The van der Waals surface area contributed by atoms with E-state index in [4.69, 9.17) is 21.1 Å². The van der Waals surface area contributed by atoms with Gasteiger partial charge in [0.2, 0.25) is 0 Å². The van der Waals surface area contributed by atoms with Crippen LogP contribution in [0.4, 0.5) is 11.4 Å². The van der Waals surface area contributed by atoms with E-state index in [2.05, 4.69) is 42.0 Å². The molecule has 1 aliphatic heterocycles. The van der Waals surface area contributed by atoms with Crippen molar-refractivity contribution in [1.29, 1.82) is 0 Å². The molecular formula is C29H38N6O3S. The average Bonchev–Trinajstić information content (AvgIpc) is 3.44. The topological polar surface area (TPSA) is 119 Å². The SMILES string of the molecule is COc1c(CN2CCOCC2)cc(C(C)(C)C)cc1NC(=O)c1ccc(C)c(N(N)/C=C(\N)c2cncs2)c1. The van der Waals surface area contributed by atoms with Gasteiger partial charge >= 0.3 is 0 Å². The van der Waals surface area contributed by atoms with Gasteiger partial charge in [0.25, 0.3) is 5.91 Å². The van der Waals surface area contributed by atoms with Gasteiger partial charge in [-0.1, -0.05) is 32.9 Å². The maximum Gasteiger partial charge on any atom is 0.255 e. The summed E-state index contributed by atoms with van der Waals surface area (Å²) in [5, 5.41) is 4.54. The van der Waals surface area contributed by atoms with Crippen molar-refractivity contribution in [2.45, 2.75) is 39.7 Å². The van der Waals surface area contributed by atoms with Crippen molar-refractivity contribution in [3.63, 3.8) is 0 Å². The van der Waals surface area contributed by atoms with Gasteiger partial charge < -0.3 is 20.5 Å². The summed E-state index contributed by atoms with van der Waals surface area (Å²) < 4.78 is 11.4. The van der Waals surface area contributed by atoms with Crippen LogP contribution in [0, 0.1) is 6.92 Å². The van der Waals surface area contributed by atoms with E-state index in [-0.39, 0.29) is 11.3 Å². The van der Waals surface area contributed by atoms with E-state index >= 15 is 0 Å². The van der Waals surface area contributed by atoms with Crippen LogP contribution < -0.4 is 26.6 Å². The van der Waals surface area contributed by atoms with Crippen molar-refractivity contribution in [3.8, 4) is 5.75 Å². The standard InChI is InChI=1S/C29H38N6O3S/c1-19-6-7-20(13-25(19)35(31)17-23(30)26-15-32-18-39-26)28(36)33-24-14-22(29(2,3)4)12-21(27(24)37-5)16-34-8-10-38-11-9-34/h6-7,12-15,17-18H,8-11,16,30-31H2,1-5H3,(H,33,36)/b23-17-. The minimum atomic E-state index is -0.259. The highest BCUT2D eigenvalue weighted by molar-refractivity contribution is 7.10. The maximum atomic E-state index is 13.5. The van der Waals surface area contributed by atoms with Crippen LogP contribution in [0.3, 0.4) is 0 Å². The molecule has 9 nitrogen and oxygen atoms in total. The zero-order valence-corrected chi connectivity index (χ0v) is 24.1. The lowest BCUT2D eigenvalue weighted by atomic mass is 9.85. The molecule has 3 aromatic rings. The first-order valence-electron chi connectivity index (χ1n) is 12.9. The number of thiazole rings is 1. The van der Waals surface area contributed by atoms with Crippen LogP contribution in [-0.4, -0.2) is 49.2 Å². The number of rotatable bonds is 8. The Balaban J connectivity index is 1.64. The lowest BCUT2D eigenvalue weighted by Gasteiger charge is -2.29. The Bertz CT molecular complexity index is 1330. The third-order valence-electron chi connectivity index (χ3n) is 6.73. The number of nitrogens with two attached hydrogens (primary N) is 2. The van der Waals surface area contributed by atoms with Gasteiger partial charge in [-0.05, 0) is 41.7 Å². The predicted octanol–water partition coefficient (Wildman–Crippen LogP) is 4.48. The van der Waals surface area contributed by atoms with Crippen molar-refractivity contribution in [3.05, 3.63) is 75.4 Å². The highest BCUT2D eigenvalue weighted by Crippen LogP contribution is 2.36. The molecule has 0 spiro atoms. The van der Waals surface area contributed by atoms with Gasteiger partial charge in [-0.25, -0.2) is 5.84 Å². The van der Waals surface area contributed by atoms with Crippen molar-refractivity contribution in [2.75, 3.05) is 43.7 Å². The highest BCUT2D eigenvalue weighted by atomic mass is 32.1. The summed E-state index contributed by atoms with van der Waals surface area (Å²) in [7, 11) is 1.64. The minimum absolute atomic E-state index is 0.118. The van der Waals surface area contributed by atoms with Gasteiger partial charge in [0.1, 0.15) is 5.75 Å². The van der Waals surface area contributed by atoms with Crippen LogP contribution in [0.1, 0.15) is 52.7 Å². The maximum absolute atomic E-state index is 13.5. The van der Waals surface area contributed by atoms with Crippen LogP contribution >= 0.6 is 11.3 Å². The zero-order valence-electron chi connectivity index (χ0n) is 23.3. The Morgan fingerprint density at radius 2 is 2.00 bits per heavy atom. The average molecular weight is 551 g/mol. The summed E-state index contributed by atoms with van der Waals surface area (Å²) in [5.74, 6) is 6.75. The largest absolute Gasteiger partial charge is 0.494 e. The van der Waals surface area contributed by atoms with E-state index in [1.807, 2.05) is 19.1 Å². The number of hydrogen-bond donors (Lipinski definition) is 3. The van der Waals surface area contributed by atoms with E-state index in [1.165, 1.54) is 16.3 Å². The van der Waals surface area contributed by atoms with Crippen LogP contribution in [-0.2, 0) is 16.7 Å². The summed E-state index contributed by atoms with van der Waals surface area (Å²) in [6, 6.07) is 9.60. The molecule has 0 bridgehead atoms. The van der Waals surface area contributed by atoms with Gasteiger partial charge in [0.15, 0.2) is 0 Å². The van der Waals surface area contributed by atoms with Crippen molar-refractivity contribution >= 4 is 34.3 Å². The fourth-order valence-electron chi connectivity index (χ4n) is 4.44. The summed E-state index contributed by atoms with van der Waals surface area (Å²) in [6.45, 7) is 12.3. The number of amides is 1. The molecule has 208 valence electrons. The normalized spacial score (nSPS) is 14.8. The van der Waals surface area contributed by atoms with E-state index in [0.29, 0.717) is 48.1 Å². The molecule has 0 atom stereocenters. The van der Waals surface area contributed by atoms with E-state index in [9.17, 15) is 4.79 Å². The van der Waals surface area contributed by atoms with E-state index in [0.717, 1.165) is 34.7 Å². The lowest BCUT2D eigenvalue weighted by molar-refractivity contribution is 0.0339. The smallest absolute Gasteiger partial charge is 0.255 e. The monoisotopic (exact) mass is 550 g/mol. The number of aromatic nitrogens is 1. The summed E-state index contributed by atoms with van der Waals surface area (Å²) in [6.07, 6.45) is 3.32. The van der Waals surface area contributed by atoms with Crippen molar-refractivity contribution in [2.24, 2.45) is 11.6 Å². The Morgan fingerprint density at radius 1 is 1.26 bits per heavy atom. The molecule has 10 heteroatoms. The van der Waals surface area contributed by atoms with Crippen LogP contribution in [0.15, 0.2) is 48.2 Å². The number of nitrogens with zero attached hydrogens (tertiary/aromatic N) is 3. The van der Waals surface area contributed by atoms with Gasteiger partial charge in [-0.2, -0.15) is 0 Å². The first kappa shape index (κ1) is 28.6. The second-order valence-corrected chi connectivity index (χ2v) is 11.6. The number of methoxy groups -OCH3 is 1. The number of benzene rings is 2. The zero-order chi connectivity index (χ0) is 28.2. The summed E-state index contributed by atoms with van der Waals surface area (Å²) in [4.78, 5) is 20.8. The van der Waals surface area contributed by atoms with Crippen LogP contribution in [0.2, 0.25) is 0 Å². The first-order chi connectivity index (χ1) is 18.6. The molecule has 1 amide bonds. The number of hydrogen-bond acceptors (Lipinski definition) is 9. The third-order valence-corrected chi connectivity index (χ3v) is 7.55. The summed E-state index contributed by atoms with van der Waals surface area (Å²) in [5.41, 5.74) is 13.1. The molecule has 1 fully saturated rings. The van der Waals surface area contributed by atoms with Gasteiger partial charge in [-0.15, -0.1) is 11.3 Å². The molecule has 4 rings (SSSR count). The Morgan fingerprint density at radius 3 is 2.64 bits per heavy atom. The number of carbonyl (C=O) groups excluding carboxylic acids is 1. The number of aryl methyl sites for hydroxylation is 1. The number of hydrazine groups is 1. The molecule has 2 heterocycles. The molecular weight excluding hydrogens is 512 g/mol. The Hall–Kier alpha value is -3.44.